The SMILES string of the molecule is CCC(C(=O)NC1CCCCC1)N(Cc1ccc(Cl)c(Cl)c1)C(=O)COc1cccc2ccccc12. The van der Waals surface area contributed by atoms with Crippen LogP contribution < -0.4 is 10.1 Å². The fraction of sp³-hybridized carbons (Fsp3) is 0.379. The molecular weight excluding hydrogens is 495 g/mol. The summed E-state index contributed by atoms with van der Waals surface area (Å²) in [6.45, 7) is 1.97. The largest absolute Gasteiger partial charge is 0.483 e. The van der Waals surface area contributed by atoms with Gasteiger partial charge in [0.15, 0.2) is 6.61 Å². The van der Waals surface area contributed by atoms with Gasteiger partial charge in [0, 0.05) is 18.0 Å². The van der Waals surface area contributed by atoms with Gasteiger partial charge in [-0.3, -0.25) is 9.59 Å². The van der Waals surface area contributed by atoms with Gasteiger partial charge >= 0.3 is 0 Å². The summed E-state index contributed by atoms with van der Waals surface area (Å²) in [7, 11) is 0. The first-order valence-electron chi connectivity index (χ1n) is 12.6. The summed E-state index contributed by atoms with van der Waals surface area (Å²) in [4.78, 5) is 28.5. The number of nitrogens with one attached hydrogen (secondary N) is 1. The lowest BCUT2D eigenvalue weighted by atomic mass is 9.95. The van der Waals surface area contributed by atoms with Crippen LogP contribution in [0.15, 0.2) is 60.7 Å². The zero-order chi connectivity index (χ0) is 25.5. The van der Waals surface area contributed by atoms with Crippen LogP contribution in [0.5, 0.6) is 5.75 Å². The Morgan fingerprint density at radius 1 is 1.00 bits per heavy atom. The summed E-state index contributed by atoms with van der Waals surface area (Å²) in [5, 5.41) is 6.01. The summed E-state index contributed by atoms with van der Waals surface area (Å²) in [6, 6.07) is 18.4. The van der Waals surface area contributed by atoms with Gasteiger partial charge < -0.3 is 15.0 Å². The number of halogens is 2. The Hall–Kier alpha value is -2.76. The lowest BCUT2D eigenvalue weighted by Crippen LogP contribution is -2.52. The third-order valence-corrected chi connectivity index (χ3v) is 7.51. The molecule has 2 amide bonds. The van der Waals surface area contributed by atoms with Crippen LogP contribution in [0.1, 0.15) is 51.0 Å². The van der Waals surface area contributed by atoms with Gasteiger partial charge in [-0.2, -0.15) is 0 Å². The molecule has 0 aromatic heterocycles. The van der Waals surface area contributed by atoms with E-state index in [1.165, 1.54) is 6.42 Å². The predicted octanol–water partition coefficient (Wildman–Crippen LogP) is 6.78. The van der Waals surface area contributed by atoms with Crippen molar-refractivity contribution in [2.45, 2.75) is 64.1 Å². The smallest absolute Gasteiger partial charge is 0.261 e. The number of benzene rings is 3. The van der Waals surface area contributed by atoms with Gasteiger partial charge in [-0.1, -0.05) is 91.9 Å². The maximum absolute atomic E-state index is 13.6. The van der Waals surface area contributed by atoms with E-state index < -0.39 is 6.04 Å². The molecule has 0 radical (unpaired) electrons. The van der Waals surface area contributed by atoms with Crippen LogP contribution in [0.4, 0.5) is 0 Å². The Kier molecular flexibility index (Phi) is 9.11. The molecule has 3 aromatic rings. The number of fused-ring (bicyclic) bond motifs is 1. The van der Waals surface area contributed by atoms with E-state index in [2.05, 4.69) is 5.32 Å². The molecule has 0 saturated heterocycles. The number of hydrogen-bond donors (Lipinski definition) is 1. The van der Waals surface area contributed by atoms with Crippen molar-refractivity contribution in [2.24, 2.45) is 0 Å². The molecule has 1 aliphatic rings. The average Bonchev–Trinajstić information content (AvgIpc) is 2.89. The molecular formula is C29H32Cl2N2O3. The Balaban J connectivity index is 1.55. The van der Waals surface area contributed by atoms with Crippen molar-refractivity contribution in [1.82, 2.24) is 10.2 Å². The molecule has 5 nitrogen and oxygen atoms in total. The van der Waals surface area contributed by atoms with Crippen LogP contribution in [0.3, 0.4) is 0 Å². The van der Waals surface area contributed by atoms with Crippen molar-refractivity contribution in [1.29, 1.82) is 0 Å². The van der Waals surface area contributed by atoms with Crippen molar-refractivity contribution >= 4 is 45.8 Å². The maximum Gasteiger partial charge on any atom is 0.261 e. The molecule has 7 heteroatoms. The van der Waals surface area contributed by atoms with Crippen LogP contribution in [-0.4, -0.2) is 35.4 Å². The molecule has 1 aliphatic carbocycles. The van der Waals surface area contributed by atoms with Gasteiger partial charge in [-0.15, -0.1) is 0 Å². The summed E-state index contributed by atoms with van der Waals surface area (Å²) in [6.07, 6.45) is 5.89. The van der Waals surface area contributed by atoms with Gasteiger partial charge in [0.1, 0.15) is 11.8 Å². The van der Waals surface area contributed by atoms with Crippen LogP contribution >= 0.6 is 23.2 Å². The predicted molar refractivity (Wildman–Crippen MR) is 146 cm³/mol. The molecule has 0 spiro atoms. The van der Waals surface area contributed by atoms with E-state index in [4.69, 9.17) is 27.9 Å². The third kappa shape index (κ3) is 6.51. The second-order valence-electron chi connectivity index (χ2n) is 9.30. The number of ether oxygens (including phenoxy) is 1. The number of amides is 2. The summed E-state index contributed by atoms with van der Waals surface area (Å²) in [5.41, 5.74) is 0.798. The molecule has 36 heavy (non-hydrogen) atoms. The molecule has 0 heterocycles. The molecule has 1 unspecified atom stereocenters. The average molecular weight is 527 g/mol. The highest BCUT2D eigenvalue weighted by atomic mass is 35.5. The highest BCUT2D eigenvalue weighted by Gasteiger charge is 2.30. The summed E-state index contributed by atoms with van der Waals surface area (Å²) in [5.74, 6) is 0.248. The summed E-state index contributed by atoms with van der Waals surface area (Å²) < 4.78 is 6.00. The third-order valence-electron chi connectivity index (χ3n) is 6.78. The lowest BCUT2D eigenvalue weighted by Gasteiger charge is -2.32. The lowest BCUT2D eigenvalue weighted by molar-refractivity contribution is -0.143. The van der Waals surface area contributed by atoms with Crippen molar-refractivity contribution in [2.75, 3.05) is 6.61 Å². The first-order chi connectivity index (χ1) is 17.5. The molecule has 4 rings (SSSR count). The molecule has 1 N–H and O–H groups in total. The second-order valence-corrected chi connectivity index (χ2v) is 10.1. The van der Waals surface area contributed by atoms with Gasteiger partial charge in [0.05, 0.1) is 10.0 Å². The maximum atomic E-state index is 13.6. The van der Waals surface area contributed by atoms with Crippen LogP contribution in [0.25, 0.3) is 10.8 Å². The van der Waals surface area contributed by atoms with Crippen LogP contribution in [-0.2, 0) is 16.1 Å². The zero-order valence-corrected chi connectivity index (χ0v) is 22.0. The number of hydrogen-bond acceptors (Lipinski definition) is 3. The van der Waals surface area contributed by atoms with E-state index in [0.717, 1.165) is 42.0 Å². The Morgan fingerprint density at radius 2 is 1.75 bits per heavy atom. The monoisotopic (exact) mass is 526 g/mol. The zero-order valence-electron chi connectivity index (χ0n) is 20.5. The van der Waals surface area contributed by atoms with Crippen molar-refractivity contribution in [3.05, 3.63) is 76.3 Å². The van der Waals surface area contributed by atoms with Crippen LogP contribution in [0, 0.1) is 0 Å². The van der Waals surface area contributed by atoms with E-state index in [0.29, 0.717) is 22.2 Å². The Morgan fingerprint density at radius 3 is 2.50 bits per heavy atom. The number of carbonyl (C=O) groups excluding carboxylic acids is 2. The van der Waals surface area contributed by atoms with Crippen molar-refractivity contribution in [3.63, 3.8) is 0 Å². The first-order valence-corrected chi connectivity index (χ1v) is 13.4. The minimum Gasteiger partial charge on any atom is -0.483 e. The minimum absolute atomic E-state index is 0.122. The molecule has 1 fully saturated rings. The molecule has 0 bridgehead atoms. The highest BCUT2D eigenvalue weighted by Crippen LogP contribution is 2.27. The minimum atomic E-state index is -0.620. The second kappa shape index (κ2) is 12.5. The standard InChI is InChI=1S/C29H32Cl2N2O3/c1-2-26(29(35)32-22-11-4-3-5-12-22)33(18-20-15-16-24(30)25(31)17-20)28(34)19-36-27-14-8-10-21-9-6-7-13-23(21)27/h6-10,13-17,22,26H,2-5,11-12,18-19H2,1H3,(H,32,35). The molecule has 0 aliphatic heterocycles. The van der Waals surface area contributed by atoms with E-state index in [-0.39, 0.29) is 31.0 Å². The van der Waals surface area contributed by atoms with Gasteiger partial charge in [0.25, 0.3) is 5.91 Å². The van der Waals surface area contributed by atoms with Crippen LogP contribution in [0.2, 0.25) is 10.0 Å². The number of carbonyl (C=O) groups is 2. The van der Waals surface area contributed by atoms with Gasteiger partial charge in [-0.25, -0.2) is 0 Å². The molecule has 3 aromatic carbocycles. The van der Waals surface area contributed by atoms with E-state index >= 15 is 0 Å². The normalized spacial score (nSPS) is 14.9. The number of nitrogens with zero attached hydrogens (tertiary/aromatic N) is 1. The molecule has 1 saturated carbocycles. The fourth-order valence-corrected chi connectivity index (χ4v) is 5.16. The van der Waals surface area contributed by atoms with Crippen molar-refractivity contribution < 1.29 is 14.3 Å². The quantitative estimate of drug-likeness (QED) is 0.334. The van der Waals surface area contributed by atoms with E-state index in [1.54, 1.807) is 17.0 Å². The Labute approximate surface area is 222 Å². The van der Waals surface area contributed by atoms with Gasteiger partial charge in [-0.05, 0) is 48.4 Å². The fourth-order valence-electron chi connectivity index (χ4n) is 4.84. The molecule has 1 atom stereocenters. The molecule has 190 valence electrons. The first kappa shape index (κ1) is 26.3. The number of rotatable bonds is 9. The topological polar surface area (TPSA) is 58.6 Å². The van der Waals surface area contributed by atoms with E-state index in [9.17, 15) is 9.59 Å². The Bertz CT molecular complexity index is 1200. The summed E-state index contributed by atoms with van der Waals surface area (Å²) >= 11 is 12.3. The van der Waals surface area contributed by atoms with Gasteiger partial charge in [0.2, 0.25) is 5.91 Å². The highest BCUT2D eigenvalue weighted by molar-refractivity contribution is 6.42. The van der Waals surface area contributed by atoms with E-state index in [1.807, 2.05) is 55.5 Å². The van der Waals surface area contributed by atoms with Crippen molar-refractivity contribution in [3.8, 4) is 5.75 Å².